The fourth-order valence-corrected chi connectivity index (χ4v) is 5.06. The quantitative estimate of drug-likeness (QED) is 0.864. The summed E-state index contributed by atoms with van der Waals surface area (Å²) in [5.74, 6) is 3.17. The largest absolute Gasteiger partial charge is 0.497 e. The molecule has 2 aromatic rings. The minimum absolute atomic E-state index is 0.198. The fourth-order valence-electron chi connectivity index (χ4n) is 5.06. The topological polar surface area (TPSA) is 70.2 Å². The Labute approximate surface area is 153 Å². The summed E-state index contributed by atoms with van der Waals surface area (Å²) in [6, 6.07) is 6.54. The SMILES string of the molecule is COc1ccc2nc(CNC(=O)C3[C@H]4CN(C5CCCC5)C[C@@H]34)[nH]c2c1. The number of amides is 1. The third kappa shape index (κ3) is 2.76. The monoisotopic (exact) mass is 354 g/mol. The second kappa shape index (κ2) is 6.27. The van der Waals surface area contributed by atoms with Crippen molar-refractivity contribution in [2.24, 2.45) is 17.8 Å². The maximum atomic E-state index is 12.5. The van der Waals surface area contributed by atoms with Gasteiger partial charge in [-0.3, -0.25) is 9.69 Å². The Morgan fingerprint density at radius 3 is 2.81 bits per heavy atom. The first-order chi connectivity index (χ1) is 12.7. The van der Waals surface area contributed by atoms with Crippen molar-refractivity contribution >= 4 is 16.9 Å². The number of H-pyrrole nitrogens is 1. The van der Waals surface area contributed by atoms with Crippen molar-refractivity contribution in [3.05, 3.63) is 24.0 Å². The first-order valence-corrected chi connectivity index (χ1v) is 9.77. The molecule has 0 spiro atoms. The van der Waals surface area contributed by atoms with E-state index in [-0.39, 0.29) is 11.8 Å². The summed E-state index contributed by atoms with van der Waals surface area (Å²) in [5.41, 5.74) is 1.83. The second-order valence-electron chi connectivity index (χ2n) is 8.03. The number of aromatic amines is 1. The maximum Gasteiger partial charge on any atom is 0.224 e. The molecule has 0 radical (unpaired) electrons. The highest BCUT2D eigenvalue weighted by molar-refractivity contribution is 5.82. The van der Waals surface area contributed by atoms with Gasteiger partial charge in [-0.2, -0.15) is 0 Å². The van der Waals surface area contributed by atoms with E-state index < -0.39 is 0 Å². The average Bonchev–Trinajstić information content (AvgIpc) is 3.15. The van der Waals surface area contributed by atoms with Gasteiger partial charge in [0.2, 0.25) is 5.91 Å². The lowest BCUT2D eigenvalue weighted by molar-refractivity contribution is -0.123. The number of rotatable bonds is 5. The van der Waals surface area contributed by atoms with E-state index in [0.717, 1.165) is 41.7 Å². The lowest BCUT2D eigenvalue weighted by atomic mass is 10.1. The average molecular weight is 354 g/mol. The van der Waals surface area contributed by atoms with Crippen LogP contribution in [0.25, 0.3) is 11.0 Å². The van der Waals surface area contributed by atoms with Crippen molar-refractivity contribution < 1.29 is 9.53 Å². The summed E-state index contributed by atoms with van der Waals surface area (Å²) in [4.78, 5) is 23.0. The minimum atomic E-state index is 0.198. The zero-order valence-electron chi connectivity index (χ0n) is 15.2. The molecule has 1 unspecified atom stereocenters. The van der Waals surface area contributed by atoms with Crippen molar-refractivity contribution in [3.63, 3.8) is 0 Å². The second-order valence-corrected chi connectivity index (χ2v) is 8.03. The number of ether oxygens (including phenoxy) is 1. The van der Waals surface area contributed by atoms with Crippen LogP contribution in [-0.4, -0.2) is 47.0 Å². The summed E-state index contributed by atoms with van der Waals surface area (Å²) in [7, 11) is 1.65. The highest BCUT2D eigenvalue weighted by Gasteiger charge is 2.59. The third-order valence-corrected chi connectivity index (χ3v) is 6.53. The smallest absolute Gasteiger partial charge is 0.224 e. The van der Waals surface area contributed by atoms with Crippen LogP contribution in [0.4, 0.5) is 0 Å². The van der Waals surface area contributed by atoms with Crippen LogP contribution in [0.3, 0.4) is 0 Å². The van der Waals surface area contributed by atoms with E-state index in [0.29, 0.717) is 18.4 Å². The summed E-state index contributed by atoms with van der Waals surface area (Å²) in [6.07, 6.45) is 5.47. The molecule has 2 aliphatic carbocycles. The van der Waals surface area contributed by atoms with Crippen LogP contribution in [0.15, 0.2) is 18.2 Å². The molecule has 1 aromatic heterocycles. The Hall–Kier alpha value is -2.08. The van der Waals surface area contributed by atoms with Crippen molar-refractivity contribution in [1.82, 2.24) is 20.2 Å². The molecule has 3 aliphatic rings. The number of fused-ring (bicyclic) bond motifs is 2. The van der Waals surface area contributed by atoms with Crippen molar-refractivity contribution in [2.75, 3.05) is 20.2 Å². The van der Waals surface area contributed by atoms with Gasteiger partial charge in [-0.25, -0.2) is 4.98 Å². The van der Waals surface area contributed by atoms with Gasteiger partial charge in [0.25, 0.3) is 0 Å². The van der Waals surface area contributed by atoms with Gasteiger partial charge in [0, 0.05) is 31.1 Å². The molecule has 6 nitrogen and oxygen atoms in total. The molecule has 1 saturated heterocycles. The number of piperidine rings is 1. The minimum Gasteiger partial charge on any atom is -0.497 e. The molecule has 3 atom stereocenters. The van der Waals surface area contributed by atoms with Gasteiger partial charge in [-0.05, 0) is 36.8 Å². The van der Waals surface area contributed by atoms with E-state index in [9.17, 15) is 4.79 Å². The number of hydrogen-bond acceptors (Lipinski definition) is 4. The van der Waals surface area contributed by atoms with Crippen LogP contribution < -0.4 is 10.1 Å². The molecule has 3 fully saturated rings. The zero-order valence-corrected chi connectivity index (χ0v) is 15.2. The Bertz CT molecular complexity index is 814. The van der Waals surface area contributed by atoms with Gasteiger partial charge in [0.1, 0.15) is 11.6 Å². The number of imidazole rings is 1. The molecular formula is C20H26N4O2. The van der Waals surface area contributed by atoms with Crippen molar-refractivity contribution in [3.8, 4) is 5.75 Å². The highest BCUT2D eigenvalue weighted by Crippen LogP contribution is 2.53. The lowest BCUT2D eigenvalue weighted by Gasteiger charge is -2.26. The van der Waals surface area contributed by atoms with E-state index >= 15 is 0 Å². The molecule has 2 saturated carbocycles. The Morgan fingerprint density at radius 2 is 2.08 bits per heavy atom. The van der Waals surface area contributed by atoms with Crippen LogP contribution >= 0.6 is 0 Å². The Balaban J connectivity index is 1.15. The summed E-state index contributed by atoms with van der Waals surface area (Å²) in [6.45, 7) is 2.70. The Kier molecular flexibility index (Phi) is 3.89. The number of aromatic nitrogens is 2. The van der Waals surface area contributed by atoms with E-state index in [2.05, 4.69) is 20.2 Å². The van der Waals surface area contributed by atoms with Gasteiger partial charge < -0.3 is 15.0 Å². The van der Waals surface area contributed by atoms with Crippen LogP contribution in [0, 0.1) is 17.8 Å². The molecule has 2 N–H and O–H groups in total. The molecule has 0 bridgehead atoms. The first kappa shape index (κ1) is 16.1. The van der Waals surface area contributed by atoms with Gasteiger partial charge in [-0.1, -0.05) is 12.8 Å². The molecular weight excluding hydrogens is 328 g/mol. The predicted octanol–water partition coefficient (Wildman–Crippen LogP) is 2.31. The molecule has 2 heterocycles. The predicted molar refractivity (Wildman–Crippen MR) is 98.8 cm³/mol. The molecule has 138 valence electrons. The van der Waals surface area contributed by atoms with Crippen molar-refractivity contribution in [1.29, 1.82) is 0 Å². The number of likely N-dealkylation sites (tertiary alicyclic amines) is 1. The molecule has 5 rings (SSSR count). The van der Waals surface area contributed by atoms with Crippen LogP contribution in [-0.2, 0) is 11.3 Å². The normalized spacial score (nSPS) is 28.4. The standard InChI is InChI=1S/C20H26N4O2/c1-26-13-6-7-16-17(8-13)23-18(22-16)9-21-20(25)19-14-10-24(11-15(14)19)12-4-2-3-5-12/h6-8,12,14-15,19H,2-5,9-11H2,1H3,(H,21,25)(H,22,23)/t14-,15+,19?. The number of nitrogens with zero attached hydrogens (tertiary/aromatic N) is 2. The summed E-state index contributed by atoms with van der Waals surface area (Å²) >= 11 is 0. The van der Waals surface area contributed by atoms with Crippen LogP contribution in [0.5, 0.6) is 5.75 Å². The fraction of sp³-hybridized carbons (Fsp3) is 0.600. The number of benzene rings is 1. The third-order valence-electron chi connectivity index (χ3n) is 6.53. The number of hydrogen-bond donors (Lipinski definition) is 2. The van der Waals surface area contributed by atoms with Gasteiger partial charge in [-0.15, -0.1) is 0 Å². The van der Waals surface area contributed by atoms with E-state index in [1.165, 1.54) is 25.7 Å². The number of methoxy groups -OCH3 is 1. The van der Waals surface area contributed by atoms with Gasteiger partial charge in [0.15, 0.2) is 0 Å². The molecule has 26 heavy (non-hydrogen) atoms. The maximum absolute atomic E-state index is 12.5. The van der Waals surface area contributed by atoms with Crippen molar-refractivity contribution in [2.45, 2.75) is 38.3 Å². The summed E-state index contributed by atoms with van der Waals surface area (Å²) in [5, 5.41) is 3.08. The van der Waals surface area contributed by atoms with Gasteiger partial charge >= 0.3 is 0 Å². The number of carbonyl (C=O) groups is 1. The Morgan fingerprint density at radius 1 is 1.31 bits per heavy atom. The first-order valence-electron chi connectivity index (χ1n) is 9.77. The molecule has 1 amide bonds. The number of carbonyl (C=O) groups excluding carboxylic acids is 1. The number of nitrogens with one attached hydrogen (secondary N) is 2. The molecule has 1 aliphatic heterocycles. The van der Waals surface area contributed by atoms with Crippen LogP contribution in [0.1, 0.15) is 31.5 Å². The van der Waals surface area contributed by atoms with Crippen LogP contribution in [0.2, 0.25) is 0 Å². The highest BCUT2D eigenvalue weighted by atomic mass is 16.5. The summed E-state index contributed by atoms with van der Waals surface area (Å²) < 4.78 is 5.24. The molecule has 1 aromatic carbocycles. The van der Waals surface area contributed by atoms with E-state index in [1.807, 2.05) is 18.2 Å². The van der Waals surface area contributed by atoms with E-state index in [1.54, 1.807) is 7.11 Å². The van der Waals surface area contributed by atoms with Gasteiger partial charge in [0.05, 0.1) is 24.7 Å². The zero-order chi connectivity index (χ0) is 17.7. The molecule has 6 heteroatoms. The lowest BCUT2D eigenvalue weighted by Crippen LogP contribution is -2.36. The van der Waals surface area contributed by atoms with E-state index in [4.69, 9.17) is 4.74 Å².